The Balaban J connectivity index is 1.65. The molecule has 1 aliphatic rings. The third kappa shape index (κ3) is 3.97. The van der Waals surface area contributed by atoms with Crippen molar-refractivity contribution in [2.45, 2.75) is 25.4 Å². The Labute approximate surface area is 154 Å². The van der Waals surface area contributed by atoms with Crippen LogP contribution in [-0.2, 0) is 10.4 Å². The molecule has 1 heterocycles. The van der Waals surface area contributed by atoms with Crippen LogP contribution >= 0.6 is 0 Å². The van der Waals surface area contributed by atoms with E-state index in [4.69, 9.17) is 4.74 Å². The van der Waals surface area contributed by atoms with Crippen molar-refractivity contribution >= 4 is 12.0 Å². The van der Waals surface area contributed by atoms with E-state index in [1.54, 1.807) is 7.11 Å². The van der Waals surface area contributed by atoms with Gasteiger partial charge in [-0.1, -0.05) is 42.5 Å². The molecule has 136 valence electrons. The number of hydrogen-bond acceptors (Lipinski definition) is 3. The van der Waals surface area contributed by atoms with Gasteiger partial charge in [0.1, 0.15) is 5.75 Å². The van der Waals surface area contributed by atoms with Crippen LogP contribution in [0.5, 0.6) is 5.75 Å². The molecule has 0 aromatic heterocycles. The van der Waals surface area contributed by atoms with Gasteiger partial charge in [0.05, 0.1) is 12.7 Å². The number of aliphatic hydroxyl groups is 1. The van der Waals surface area contributed by atoms with Crippen molar-refractivity contribution in [3.05, 3.63) is 71.3 Å². The Kier molecular flexibility index (Phi) is 5.43. The minimum Gasteiger partial charge on any atom is -0.497 e. The lowest BCUT2D eigenvalue weighted by Crippen LogP contribution is -2.45. The largest absolute Gasteiger partial charge is 0.497 e. The summed E-state index contributed by atoms with van der Waals surface area (Å²) in [5.41, 5.74) is 1.75. The van der Waals surface area contributed by atoms with Gasteiger partial charge in [-0.25, -0.2) is 0 Å². The summed E-state index contributed by atoms with van der Waals surface area (Å²) in [7, 11) is 1.63. The van der Waals surface area contributed by atoms with Gasteiger partial charge in [-0.2, -0.15) is 0 Å². The van der Waals surface area contributed by atoms with E-state index in [-0.39, 0.29) is 5.91 Å². The highest BCUT2D eigenvalue weighted by molar-refractivity contribution is 5.97. The zero-order chi connectivity index (χ0) is 18.6. The van der Waals surface area contributed by atoms with Gasteiger partial charge >= 0.3 is 0 Å². The third-order valence-corrected chi connectivity index (χ3v) is 5.03. The molecule has 1 aliphatic heterocycles. The summed E-state index contributed by atoms with van der Waals surface area (Å²) in [6, 6.07) is 17.3. The highest BCUT2D eigenvalue weighted by Crippen LogP contribution is 2.33. The quantitative estimate of drug-likeness (QED) is 0.856. The molecule has 1 saturated heterocycles. The fraction of sp³-hybridized carbons (Fsp3) is 0.318. The number of carbonyl (C=O) groups is 1. The normalized spacial score (nSPS) is 17.0. The van der Waals surface area contributed by atoms with Gasteiger partial charge in [-0.3, -0.25) is 4.79 Å². The lowest BCUT2D eigenvalue weighted by molar-refractivity contribution is -0.131. The van der Waals surface area contributed by atoms with Crippen molar-refractivity contribution in [1.29, 1.82) is 0 Å². The predicted octanol–water partition coefficient (Wildman–Crippen LogP) is 3.61. The van der Waals surface area contributed by atoms with Gasteiger partial charge < -0.3 is 14.7 Å². The summed E-state index contributed by atoms with van der Waals surface area (Å²) in [6.07, 6.45) is 3.00. The number of piperidine rings is 1. The van der Waals surface area contributed by atoms with Crippen LogP contribution in [0.3, 0.4) is 0 Å². The molecular formula is C22H25NO3. The number of amides is 1. The molecule has 3 rings (SSSR count). The summed E-state index contributed by atoms with van der Waals surface area (Å²) in [4.78, 5) is 14.6. The van der Waals surface area contributed by atoms with Crippen LogP contribution in [-0.4, -0.2) is 36.1 Å². The fourth-order valence-corrected chi connectivity index (χ4v) is 3.38. The lowest BCUT2D eigenvalue weighted by atomic mass is 9.84. The van der Waals surface area contributed by atoms with Gasteiger partial charge in [-0.15, -0.1) is 0 Å². The van der Waals surface area contributed by atoms with E-state index in [9.17, 15) is 9.90 Å². The molecule has 0 unspecified atom stereocenters. The molecule has 2 aromatic carbocycles. The third-order valence-electron chi connectivity index (χ3n) is 5.03. The molecule has 0 saturated carbocycles. The first-order chi connectivity index (χ1) is 12.5. The first-order valence-electron chi connectivity index (χ1n) is 8.91. The van der Waals surface area contributed by atoms with Crippen LogP contribution in [0.1, 0.15) is 30.9 Å². The van der Waals surface area contributed by atoms with Crippen molar-refractivity contribution < 1.29 is 14.6 Å². The second kappa shape index (κ2) is 7.75. The van der Waals surface area contributed by atoms with E-state index < -0.39 is 5.60 Å². The van der Waals surface area contributed by atoms with Crippen LogP contribution in [0, 0.1) is 0 Å². The first kappa shape index (κ1) is 18.2. The van der Waals surface area contributed by atoms with Crippen LogP contribution in [0.4, 0.5) is 0 Å². The Morgan fingerprint density at radius 3 is 2.27 bits per heavy atom. The number of hydrogen-bond donors (Lipinski definition) is 1. The second-order valence-corrected chi connectivity index (χ2v) is 6.79. The van der Waals surface area contributed by atoms with E-state index in [0.717, 1.165) is 16.9 Å². The molecule has 0 radical (unpaired) electrons. The van der Waals surface area contributed by atoms with Gasteiger partial charge in [0.15, 0.2) is 0 Å². The smallest absolute Gasteiger partial charge is 0.249 e. The minimum atomic E-state index is -0.842. The van der Waals surface area contributed by atoms with Crippen LogP contribution in [0.15, 0.2) is 60.2 Å². The molecule has 4 nitrogen and oxygen atoms in total. The summed E-state index contributed by atoms with van der Waals surface area (Å²) < 4.78 is 5.15. The topological polar surface area (TPSA) is 49.8 Å². The molecule has 0 bridgehead atoms. The number of methoxy groups -OCH3 is 1. The van der Waals surface area contributed by atoms with Crippen molar-refractivity contribution in [1.82, 2.24) is 4.90 Å². The molecular weight excluding hydrogens is 326 g/mol. The van der Waals surface area contributed by atoms with E-state index in [2.05, 4.69) is 0 Å². The molecule has 2 aromatic rings. The number of likely N-dealkylation sites (tertiary alicyclic amines) is 1. The van der Waals surface area contributed by atoms with E-state index in [0.29, 0.717) is 31.5 Å². The Morgan fingerprint density at radius 1 is 1.08 bits per heavy atom. The molecule has 0 aliphatic carbocycles. The minimum absolute atomic E-state index is 0.0240. The average molecular weight is 351 g/mol. The molecule has 0 spiro atoms. The van der Waals surface area contributed by atoms with E-state index in [1.165, 1.54) is 0 Å². The maximum Gasteiger partial charge on any atom is 0.249 e. The maximum atomic E-state index is 12.7. The van der Waals surface area contributed by atoms with Crippen LogP contribution in [0.25, 0.3) is 6.08 Å². The Bertz CT molecular complexity index is 773. The van der Waals surface area contributed by atoms with Crippen molar-refractivity contribution in [3.63, 3.8) is 0 Å². The molecule has 1 N–H and O–H groups in total. The summed E-state index contributed by atoms with van der Waals surface area (Å²) in [5.74, 6) is 0.818. The first-order valence-corrected chi connectivity index (χ1v) is 8.91. The number of carbonyl (C=O) groups excluding carboxylic acids is 1. The Hall–Kier alpha value is -2.59. The van der Waals surface area contributed by atoms with Crippen LogP contribution < -0.4 is 4.74 Å². The zero-order valence-electron chi connectivity index (χ0n) is 15.3. The van der Waals surface area contributed by atoms with Gasteiger partial charge in [-0.05, 0) is 49.1 Å². The maximum absolute atomic E-state index is 12.7. The van der Waals surface area contributed by atoms with Crippen molar-refractivity contribution in [3.8, 4) is 5.75 Å². The van der Waals surface area contributed by atoms with E-state index >= 15 is 0 Å². The average Bonchev–Trinajstić information content (AvgIpc) is 2.69. The lowest BCUT2D eigenvalue weighted by Gasteiger charge is -2.38. The molecule has 0 atom stereocenters. The fourth-order valence-electron chi connectivity index (χ4n) is 3.38. The molecule has 26 heavy (non-hydrogen) atoms. The molecule has 4 heteroatoms. The highest BCUT2D eigenvalue weighted by atomic mass is 16.5. The van der Waals surface area contributed by atoms with Gasteiger partial charge in [0, 0.05) is 18.7 Å². The van der Waals surface area contributed by atoms with Crippen molar-refractivity contribution in [2.24, 2.45) is 0 Å². The SMILES string of the molecule is COc1ccc(/C=C(\C)C(=O)N2CCC(O)(c3ccccc3)CC2)cc1. The number of nitrogens with zero attached hydrogens (tertiary/aromatic N) is 1. The molecule has 1 fully saturated rings. The monoisotopic (exact) mass is 351 g/mol. The Morgan fingerprint density at radius 2 is 1.69 bits per heavy atom. The zero-order valence-corrected chi connectivity index (χ0v) is 15.3. The number of benzene rings is 2. The van der Waals surface area contributed by atoms with Crippen molar-refractivity contribution in [2.75, 3.05) is 20.2 Å². The predicted molar refractivity (Wildman–Crippen MR) is 103 cm³/mol. The summed E-state index contributed by atoms with van der Waals surface area (Å²) in [5, 5.41) is 10.9. The van der Waals surface area contributed by atoms with Crippen LogP contribution in [0.2, 0.25) is 0 Å². The second-order valence-electron chi connectivity index (χ2n) is 6.79. The highest BCUT2D eigenvalue weighted by Gasteiger charge is 2.35. The standard InChI is InChI=1S/C22H25NO3/c1-17(16-18-8-10-20(26-2)11-9-18)21(24)23-14-12-22(25,13-15-23)19-6-4-3-5-7-19/h3-11,16,25H,12-15H2,1-2H3/b17-16+. The molecule has 1 amide bonds. The number of ether oxygens (including phenoxy) is 1. The van der Waals surface area contributed by atoms with Gasteiger partial charge in [0.2, 0.25) is 5.91 Å². The summed E-state index contributed by atoms with van der Waals surface area (Å²) >= 11 is 0. The number of rotatable bonds is 4. The van der Waals surface area contributed by atoms with Gasteiger partial charge in [0.25, 0.3) is 0 Å². The van der Waals surface area contributed by atoms with E-state index in [1.807, 2.05) is 72.5 Å². The summed E-state index contributed by atoms with van der Waals surface area (Å²) in [6.45, 7) is 2.95.